The molecule has 2 aliphatic heterocycles. The molecule has 0 unspecified atom stereocenters. The zero-order valence-electron chi connectivity index (χ0n) is 16.9. The number of sulfonamides is 1. The topological polar surface area (TPSA) is 90.9 Å². The number of amidine groups is 1. The van der Waals surface area contributed by atoms with Crippen molar-refractivity contribution in [3.63, 3.8) is 0 Å². The van der Waals surface area contributed by atoms with Crippen molar-refractivity contribution >= 4 is 26.8 Å². The third-order valence-electron chi connectivity index (χ3n) is 5.37. The summed E-state index contributed by atoms with van der Waals surface area (Å²) in [5.74, 6) is 0.0160. The summed E-state index contributed by atoms with van der Waals surface area (Å²) in [4.78, 5) is 14.1. The first-order valence-electron chi connectivity index (χ1n) is 9.85. The van der Waals surface area contributed by atoms with Gasteiger partial charge in [-0.1, -0.05) is 19.1 Å². The van der Waals surface area contributed by atoms with Gasteiger partial charge in [-0.3, -0.25) is 0 Å². The molecule has 3 rings (SSSR count). The number of carbonyl (C=O) groups is 1. The Balaban J connectivity index is 1.68. The van der Waals surface area contributed by atoms with Gasteiger partial charge in [0.1, 0.15) is 16.6 Å². The van der Waals surface area contributed by atoms with Crippen molar-refractivity contribution in [2.75, 3.05) is 13.1 Å². The second-order valence-corrected chi connectivity index (χ2v) is 9.08. The van der Waals surface area contributed by atoms with Crippen LogP contribution in [-0.2, 0) is 10.0 Å². The summed E-state index contributed by atoms with van der Waals surface area (Å²) < 4.78 is 42.4. The van der Waals surface area contributed by atoms with E-state index < -0.39 is 15.8 Å². The van der Waals surface area contributed by atoms with E-state index in [-0.39, 0.29) is 23.0 Å². The van der Waals surface area contributed by atoms with E-state index in [1.165, 1.54) is 24.3 Å². The molecule has 1 aromatic rings. The molecule has 0 spiro atoms. The van der Waals surface area contributed by atoms with Crippen LogP contribution in [0.15, 0.2) is 34.2 Å². The first-order valence-corrected chi connectivity index (χ1v) is 11.3. The number of benzene rings is 1. The minimum atomic E-state index is -3.83. The highest BCUT2D eigenvalue weighted by atomic mass is 32.2. The Morgan fingerprint density at radius 1 is 1.28 bits per heavy atom. The second kappa shape index (κ2) is 8.52. The minimum absolute atomic E-state index is 0.0368. The van der Waals surface area contributed by atoms with Crippen molar-refractivity contribution in [1.82, 2.24) is 15.5 Å². The van der Waals surface area contributed by atoms with Crippen LogP contribution in [0, 0.1) is 5.82 Å². The fourth-order valence-electron chi connectivity index (χ4n) is 3.57. The second-order valence-electron chi connectivity index (χ2n) is 7.54. The first kappa shape index (κ1) is 21.3. The molecule has 0 saturated carbocycles. The summed E-state index contributed by atoms with van der Waals surface area (Å²) in [6.45, 7) is 6.88. The lowest BCUT2D eigenvalue weighted by Gasteiger charge is -2.34. The van der Waals surface area contributed by atoms with Crippen molar-refractivity contribution in [2.24, 2.45) is 4.40 Å². The van der Waals surface area contributed by atoms with Crippen molar-refractivity contribution in [1.29, 1.82) is 0 Å². The SMILES string of the molecule is CC[C@H](C)NC(=O)NC1CCN(C2=NS(=O)(=O)C(c3ccc(F)cc3)=C2C)CC1. The van der Waals surface area contributed by atoms with E-state index in [0.29, 0.717) is 42.9 Å². The largest absolute Gasteiger partial charge is 0.356 e. The summed E-state index contributed by atoms with van der Waals surface area (Å²) in [5.41, 5.74) is 0.999. The maximum absolute atomic E-state index is 13.2. The zero-order chi connectivity index (χ0) is 21.2. The third kappa shape index (κ3) is 4.77. The van der Waals surface area contributed by atoms with Crippen LogP contribution in [0.1, 0.15) is 45.6 Å². The van der Waals surface area contributed by atoms with Gasteiger partial charge >= 0.3 is 6.03 Å². The average molecular weight is 423 g/mol. The van der Waals surface area contributed by atoms with E-state index >= 15 is 0 Å². The predicted octanol–water partition coefficient (Wildman–Crippen LogP) is 2.86. The number of hydrogen-bond acceptors (Lipinski definition) is 4. The van der Waals surface area contributed by atoms with E-state index in [9.17, 15) is 17.6 Å². The molecule has 2 aliphatic rings. The number of piperidine rings is 1. The van der Waals surface area contributed by atoms with Crippen molar-refractivity contribution in [2.45, 2.75) is 52.1 Å². The average Bonchev–Trinajstić information content (AvgIpc) is 2.92. The minimum Gasteiger partial charge on any atom is -0.356 e. The van der Waals surface area contributed by atoms with Crippen LogP contribution in [0.25, 0.3) is 4.91 Å². The number of nitrogens with one attached hydrogen (secondary N) is 2. The highest BCUT2D eigenvalue weighted by molar-refractivity contribution is 8.00. The Morgan fingerprint density at radius 2 is 1.90 bits per heavy atom. The molecule has 1 saturated heterocycles. The molecular formula is C20H27FN4O3S. The van der Waals surface area contributed by atoms with Crippen LogP contribution in [0.4, 0.5) is 9.18 Å². The van der Waals surface area contributed by atoms with Gasteiger partial charge in [-0.25, -0.2) is 9.18 Å². The first-order chi connectivity index (χ1) is 13.7. The molecule has 1 fully saturated rings. The molecule has 0 aliphatic carbocycles. The lowest BCUT2D eigenvalue weighted by molar-refractivity contribution is 0.223. The maximum atomic E-state index is 13.2. The van der Waals surface area contributed by atoms with Gasteiger partial charge in [0, 0.05) is 30.7 Å². The standard InChI is InChI=1S/C20H27FN4O3S/c1-4-13(2)22-20(26)23-17-9-11-25(12-10-17)19-14(3)18(29(27,28)24-19)15-5-7-16(21)8-6-15/h5-8,13,17H,4,9-12H2,1-3H3,(H2,22,23,26)/t13-/m0/s1. The summed E-state index contributed by atoms with van der Waals surface area (Å²) >= 11 is 0. The van der Waals surface area contributed by atoms with Crippen LogP contribution in [0.3, 0.4) is 0 Å². The fourth-order valence-corrected chi connectivity index (χ4v) is 5.06. The van der Waals surface area contributed by atoms with E-state index in [0.717, 1.165) is 6.42 Å². The smallest absolute Gasteiger partial charge is 0.315 e. The van der Waals surface area contributed by atoms with Crippen LogP contribution in [0.5, 0.6) is 0 Å². The van der Waals surface area contributed by atoms with Gasteiger partial charge in [0.2, 0.25) is 0 Å². The molecule has 2 N–H and O–H groups in total. The van der Waals surface area contributed by atoms with Gasteiger partial charge in [0.25, 0.3) is 10.0 Å². The van der Waals surface area contributed by atoms with E-state index in [4.69, 9.17) is 0 Å². The number of rotatable bonds is 4. The normalized spacial score (nSPS) is 20.4. The number of nitrogens with zero attached hydrogens (tertiary/aromatic N) is 2. The highest BCUT2D eigenvalue weighted by Gasteiger charge is 2.35. The van der Waals surface area contributed by atoms with Crippen molar-refractivity contribution in [3.8, 4) is 0 Å². The molecule has 158 valence electrons. The molecule has 7 nitrogen and oxygen atoms in total. The Morgan fingerprint density at radius 3 is 2.48 bits per heavy atom. The Bertz CT molecular complexity index is 933. The van der Waals surface area contributed by atoms with Crippen LogP contribution in [0.2, 0.25) is 0 Å². The number of urea groups is 1. The summed E-state index contributed by atoms with van der Waals surface area (Å²) in [7, 11) is -3.83. The molecule has 2 amide bonds. The van der Waals surface area contributed by atoms with Gasteiger partial charge in [-0.15, -0.1) is 4.40 Å². The van der Waals surface area contributed by atoms with Crippen LogP contribution in [-0.4, -0.2) is 50.4 Å². The predicted molar refractivity (Wildman–Crippen MR) is 111 cm³/mol. The number of carbonyl (C=O) groups excluding carboxylic acids is 1. The molecule has 9 heteroatoms. The number of amides is 2. The molecule has 1 atom stereocenters. The summed E-state index contributed by atoms with van der Waals surface area (Å²) in [6.07, 6.45) is 2.26. The Labute approximate surface area is 171 Å². The Hall–Kier alpha value is -2.42. The Kier molecular flexibility index (Phi) is 6.26. The number of likely N-dealkylation sites (tertiary alicyclic amines) is 1. The lowest BCUT2D eigenvalue weighted by atomic mass is 10.0. The zero-order valence-corrected chi connectivity index (χ0v) is 17.7. The fraction of sp³-hybridized carbons (Fsp3) is 0.500. The molecule has 0 aromatic heterocycles. The molecule has 0 radical (unpaired) electrons. The van der Waals surface area contributed by atoms with E-state index in [2.05, 4.69) is 15.0 Å². The maximum Gasteiger partial charge on any atom is 0.315 e. The molecule has 29 heavy (non-hydrogen) atoms. The van der Waals surface area contributed by atoms with Gasteiger partial charge in [0.05, 0.1) is 0 Å². The molecule has 2 heterocycles. The quantitative estimate of drug-likeness (QED) is 0.781. The van der Waals surface area contributed by atoms with Crippen LogP contribution >= 0.6 is 0 Å². The van der Waals surface area contributed by atoms with E-state index in [1.54, 1.807) is 6.92 Å². The van der Waals surface area contributed by atoms with Gasteiger partial charge < -0.3 is 15.5 Å². The van der Waals surface area contributed by atoms with Gasteiger partial charge in [-0.05, 0) is 50.8 Å². The molecule has 1 aromatic carbocycles. The van der Waals surface area contributed by atoms with Crippen molar-refractivity contribution < 1.29 is 17.6 Å². The highest BCUT2D eigenvalue weighted by Crippen LogP contribution is 2.34. The molecular weight excluding hydrogens is 395 g/mol. The number of hydrogen-bond donors (Lipinski definition) is 2. The molecule has 0 bridgehead atoms. The van der Waals surface area contributed by atoms with Gasteiger partial charge in [0.15, 0.2) is 0 Å². The third-order valence-corrected chi connectivity index (χ3v) is 6.84. The van der Waals surface area contributed by atoms with Crippen molar-refractivity contribution in [3.05, 3.63) is 41.2 Å². The van der Waals surface area contributed by atoms with Crippen LogP contribution < -0.4 is 10.6 Å². The van der Waals surface area contributed by atoms with Gasteiger partial charge in [-0.2, -0.15) is 8.42 Å². The lowest BCUT2D eigenvalue weighted by Crippen LogP contribution is -2.50. The number of halogens is 1. The monoisotopic (exact) mass is 422 g/mol. The summed E-state index contributed by atoms with van der Waals surface area (Å²) in [5, 5.41) is 5.87. The van der Waals surface area contributed by atoms with E-state index in [1.807, 2.05) is 18.7 Å². The summed E-state index contributed by atoms with van der Waals surface area (Å²) in [6, 6.07) is 5.37.